The summed E-state index contributed by atoms with van der Waals surface area (Å²) >= 11 is 0. The van der Waals surface area contributed by atoms with Gasteiger partial charge >= 0.3 is 0 Å². The molecule has 1 atom stereocenters. The topological polar surface area (TPSA) is 133 Å². The second-order valence-electron chi connectivity index (χ2n) is 10.4. The first kappa shape index (κ1) is 28.7. The van der Waals surface area contributed by atoms with Crippen molar-refractivity contribution in [3.8, 4) is 5.75 Å². The van der Waals surface area contributed by atoms with Gasteiger partial charge in [-0.25, -0.2) is 5.48 Å². The quantitative estimate of drug-likeness (QED) is 0.258. The molecular weight excluding hydrogens is 626 g/mol. The van der Waals surface area contributed by atoms with Crippen LogP contribution in [0.25, 0.3) is 11.8 Å². The number of hydroxylamine groups is 1. The van der Waals surface area contributed by atoms with Crippen molar-refractivity contribution in [2.24, 2.45) is 11.1 Å². The fourth-order valence-corrected chi connectivity index (χ4v) is 6.02. The molecule has 2 saturated heterocycles. The van der Waals surface area contributed by atoms with Crippen LogP contribution >= 0.6 is 0 Å². The van der Waals surface area contributed by atoms with E-state index in [-0.39, 0.29) is 26.8 Å². The van der Waals surface area contributed by atoms with Crippen molar-refractivity contribution in [2.75, 3.05) is 45.6 Å². The molecular formula is C27H41N5O3W. The number of nitrogens with one attached hydrogen (secondary N) is 2. The van der Waals surface area contributed by atoms with Gasteiger partial charge in [0.2, 0.25) is 0 Å². The van der Waals surface area contributed by atoms with Gasteiger partial charge in [-0.05, 0) is 60.8 Å². The molecule has 1 aliphatic carbocycles. The van der Waals surface area contributed by atoms with Gasteiger partial charge in [0.15, 0.2) is 0 Å². The van der Waals surface area contributed by atoms with Crippen molar-refractivity contribution in [3.63, 3.8) is 0 Å². The number of benzene rings is 1. The second-order valence-corrected chi connectivity index (χ2v) is 10.4. The first-order valence-corrected chi connectivity index (χ1v) is 12.7. The van der Waals surface area contributed by atoms with Crippen molar-refractivity contribution in [1.29, 1.82) is 0 Å². The molecule has 3 fully saturated rings. The summed E-state index contributed by atoms with van der Waals surface area (Å²) in [7, 11) is 1.43. The largest absolute Gasteiger partial charge is 0.507 e. The van der Waals surface area contributed by atoms with Crippen molar-refractivity contribution in [3.05, 3.63) is 46.6 Å². The van der Waals surface area contributed by atoms with Crippen LogP contribution in [0.2, 0.25) is 0 Å². The van der Waals surface area contributed by atoms with Crippen LogP contribution in [0, 0.1) is 5.41 Å². The van der Waals surface area contributed by atoms with E-state index in [4.69, 9.17) is 21.4 Å². The molecule has 2 aromatic rings. The van der Waals surface area contributed by atoms with Gasteiger partial charge in [0.1, 0.15) is 11.6 Å². The van der Waals surface area contributed by atoms with E-state index in [2.05, 4.69) is 16.8 Å². The average Bonchev–Trinajstić information content (AvgIpc) is 3.12. The Balaban J connectivity index is 0.000000861. The van der Waals surface area contributed by atoms with Crippen LogP contribution in [0.5, 0.6) is 5.75 Å². The Kier molecular flexibility index (Phi) is 10.1. The molecule has 0 amide bonds. The molecule has 5 rings (SSSR count). The van der Waals surface area contributed by atoms with Crippen LogP contribution < -0.4 is 16.9 Å². The van der Waals surface area contributed by atoms with Crippen LogP contribution in [-0.2, 0) is 25.8 Å². The molecule has 2 aliphatic heterocycles. The number of rotatable bonds is 6. The Morgan fingerprint density at radius 1 is 1.28 bits per heavy atom. The molecule has 0 radical (unpaired) electrons. The molecule has 36 heavy (non-hydrogen) atoms. The third-order valence-corrected chi connectivity index (χ3v) is 7.84. The number of aromatic hydroxyl groups is 1. The van der Waals surface area contributed by atoms with Crippen LogP contribution in [0.15, 0.2) is 24.3 Å². The number of H-pyrrole nitrogens is 1. The number of phenols is 1. The molecule has 0 bridgehead atoms. The second kappa shape index (κ2) is 12.6. The smallest absolute Gasteiger partial charge is 0.124 e. The number of aromatic amines is 1. The Morgan fingerprint density at radius 3 is 2.50 bits per heavy atom. The number of ether oxygens (including phenoxy) is 1. The van der Waals surface area contributed by atoms with Crippen LogP contribution in [0.3, 0.4) is 0 Å². The van der Waals surface area contributed by atoms with Crippen LogP contribution in [0.1, 0.15) is 73.2 Å². The summed E-state index contributed by atoms with van der Waals surface area (Å²) in [6.07, 6.45) is 8.14. The standard InChI is InChI=1S/C26H36N4O2.CH5NO.W/c1-17(14-30-15-26(16-30)9-4-10-26)23-20(13-21(27)19-5-2-3-6-22(19)31)25(28)29-24(23)18-7-11-32-12-8-18;1-2-3;/h2-3,5-6,13,17-18,29,31H,4,7-12,14-16,27-28H2,1H3;2-3H,1H3;/b21-13-;;. The Hall–Kier alpha value is -1.83. The first-order chi connectivity index (χ1) is 16.9. The van der Waals surface area contributed by atoms with Crippen molar-refractivity contribution < 1.29 is 36.1 Å². The Labute approximate surface area is 228 Å². The fraction of sp³-hybridized carbons (Fsp3) is 0.556. The summed E-state index contributed by atoms with van der Waals surface area (Å²) in [5, 5.41) is 17.6. The first-order valence-electron chi connectivity index (χ1n) is 12.7. The predicted octanol–water partition coefficient (Wildman–Crippen LogP) is 3.84. The number of hydrogen-bond donors (Lipinski definition) is 6. The Morgan fingerprint density at radius 2 is 1.92 bits per heavy atom. The SMILES string of the molecule is CC(CN1CC2(CCC2)C1)c1c(C2CCOCC2)[nH]c(N)c1/C=C(\N)c1ccccc1O.CNO.[W]. The Bertz CT molecular complexity index is 1020. The predicted molar refractivity (Wildman–Crippen MR) is 140 cm³/mol. The summed E-state index contributed by atoms with van der Waals surface area (Å²) < 4.78 is 5.61. The van der Waals surface area contributed by atoms with E-state index in [0.717, 1.165) is 38.2 Å². The number of aromatic nitrogens is 1. The number of likely N-dealkylation sites (tertiary alicyclic amines) is 1. The zero-order chi connectivity index (χ0) is 25.0. The zero-order valence-corrected chi connectivity index (χ0v) is 24.4. The number of hydrogen-bond acceptors (Lipinski definition) is 7. The van der Waals surface area contributed by atoms with E-state index in [0.29, 0.717) is 34.3 Å². The molecule has 1 spiro atoms. The average molecular weight is 667 g/mol. The normalized spacial score (nSPS) is 20.5. The summed E-state index contributed by atoms with van der Waals surface area (Å²) in [6.45, 7) is 7.38. The molecule has 8 N–H and O–H groups in total. The van der Waals surface area contributed by atoms with Gasteiger partial charge in [0, 0.05) is 89.4 Å². The number of anilines is 1. The molecule has 1 aromatic carbocycles. The molecule has 198 valence electrons. The van der Waals surface area contributed by atoms with Crippen LogP contribution in [0.4, 0.5) is 5.82 Å². The van der Waals surface area contributed by atoms with Crippen LogP contribution in [-0.4, -0.2) is 60.1 Å². The van der Waals surface area contributed by atoms with E-state index >= 15 is 0 Å². The van der Waals surface area contributed by atoms with Gasteiger partial charge in [-0.15, -0.1) is 0 Å². The maximum Gasteiger partial charge on any atom is 0.124 e. The van der Waals surface area contributed by atoms with Crippen molar-refractivity contribution >= 4 is 17.6 Å². The minimum Gasteiger partial charge on any atom is -0.507 e. The molecule has 1 unspecified atom stereocenters. The van der Waals surface area contributed by atoms with E-state index < -0.39 is 0 Å². The zero-order valence-electron chi connectivity index (χ0n) is 21.4. The van der Waals surface area contributed by atoms with Gasteiger partial charge in [-0.1, -0.05) is 25.5 Å². The van der Waals surface area contributed by atoms with Gasteiger partial charge in [0.05, 0.1) is 0 Å². The number of para-hydroxylation sites is 1. The van der Waals surface area contributed by atoms with E-state index in [1.165, 1.54) is 50.7 Å². The van der Waals surface area contributed by atoms with Gasteiger partial charge in [-0.2, -0.15) is 0 Å². The molecule has 3 aliphatic rings. The summed E-state index contributed by atoms with van der Waals surface area (Å²) in [5.74, 6) is 1.60. The third-order valence-electron chi connectivity index (χ3n) is 7.84. The maximum atomic E-state index is 10.3. The van der Waals surface area contributed by atoms with Gasteiger partial charge in [0.25, 0.3) is 0 Å². The van der Waals surface area contributed by atoms with E-state index in [9.17, 15) is 5.11 Å². The molecule has 1 aromatic heterocycles. The third kappa shape index (κ3) is 6.17. The fourth-order valence-electron chi connectivity index (χ4n) is 6.02. The number of nitrogens with zero attached hydrogens (tertiary/aromatic N) is 1. The molecule has 9 heteroatoms. The monoisotopic (exact) mass is 667 g/mol. The number of phenolic OH excluding ortho intramolecular Hbond substituents is 1. The minimum absolute atomic E-state index is 0. The van der Waals surface area contributed by atoms with E-state index in [1.807, 2.05) is 18.2 Å². The molecule has 3 heterocycles. The summed E-state index contributed by atoms with van der Waals surface area (Å²) in [4.78, 5) is 6.12. The van der Waals surface area contributed by atoms with Gasteiger partial charge in [-0.3, -0.25) is 0 Å². The maximum absolute atomic E-state index is 10.3. The minimum atomic E-state index is 0. The number of nitrogen functional groups attached to an aromatic ring is 1. The summed E-state index contributed by atoms with van der Waals surface area (Å²) in [5.41, 5.74) is 20.0. The van der Waals surface area contributed by atoms with Gasteiger partial charge < -0.3 is 36.4 Å². The van der Waals surface area contributed by atoms with E-state index in [1.54, 1.807) is 17.6 Å². The summed E-state index contributed by atoms with van der Waals surface area (Å²) in [6, 6.07) is 7.18. The molecule has 8 nitrogen and oxygen atoms in total. The van der Waals surface area contributed by atoms with Crippen molar-refractivity contribution in [1.82, 2.24) is 15.4 Å². The van der Waals surface area contributed by atoms with Crippen molar-refractivity contribution in [2.45, 2.75) is 50.9 Å². The molecule has 1 saturated carbocycles. The number of nitrogens with two attached hydrogens (primary N) is 2.